The lowest BCUT2D eigenvalue weighted by molar-refractivity contribution is 0.198. The Kier molecular flexibility index (Phi) is 3.62. The normalized spacial score (nSPS) is 29.7. The molecule has 0 aromatic rings. The molecule has 13 heavy (non-hydrogen) atoms. The monoisotopic (exact) mass is 200 g/mol. The summed E-state index contributed by atoms with van der Waals surface area (Å²) in [5, 5.41) is 0. The maximum absolute atomic E-state index is 4.98. The van der Waals surface area contributed by atoms with Gasteiger partial charge in [0.1, 0.15) is 5.66 Å². The highest BCUT2D eigenvalue weighted by Gasteiger charge is 2.33. The van der Waals surface area contributed by atoms with Crippen molar-refractivity contribution in [3.05, 3.63) is 0 Å². The quantitative estimate of drug-likeness (QED) is 0.702. The maximum Gasteiger partial charge on any atom is 0.127 e. The molecule has 0 aromatic heterocycles. The fourth-order valence-corrected chi connectivity index (χ4v) is 2.11. The number of nitrogens with zero attached hydrogens (tertiary/aromatic N) is 2. The van der Waals surface area contributed by atoms with Crippen molar-refractivity contribution in [3.8, 4) is 0 Å². The molecule has 0 aliphatic carbocycles. The SMILES string of the molecule is CCCC(CC)C1(C)N=CN([S-])N1. The molecule has 1 rings (SSSR count). The summed E-state index contributed by atoms with van der Waals surface area (Å²) >= 11 is 4.98. The van der Waals surface area contributed by atoms with Crippen molar-refractivity contribution in [3.63, 3.8) is 0 Å². The molecular weight excluding hydrogens is 182 g/mol. The molecule has 0 fully saturated rings. The summed E-state index contributed by atoms with van der Waals surface area (Å²) in [6.45, 7) is 6.52. The average Bonchev–Trinajstić information content (AvgIpc) is 2.43. The molecular formula is C9H18N3S-. The van der Waals surface area contributed by atoms with Crippen molar-refractivity contribution >= 4 is 19.2 Å². The van der Waals surface area contributed by atoms with Crippen LogP contribution in [0.1, 0.15) is 40.0 Å². The molecule has 76 valence electrons. The van der Waals surface area contributed by atoms with Crippen LogP contribution in [0.2, 0.25) is 0 Å². The summed E-state index contributed by atoms with van der Waals surface area (Å²) < 4.78 is 1.53. The second-order valence-electron chi connectivity index (χ2n) is 3.72. The second kappa shape index (κ2) is 4.33. The van der Waals surface area contributed by atoms with Gasteiger partial charge in [-0.2, -0.15) is 0 Å². The van der Waals surface area contributed by atoms with E-state index in [1.165, 1.54) is 17.3 Å². The number of hydrogen-bond donors (Lipinski definition) is 1. The molecule has 0 aromatic carbocycles. The Balaban J connectivity index is 2.62. The van der Waals surface area contributed by atoms with Gasteiger partial charge in [-0.1, -0.05) is 20.3 Å². The smallest absolute Gasteiger partial charge is 0.127 e. The zero-order valence-electron chi connectivity index (χ0n) is 8.58. The molecule has 3 nitrogen and oxygen atoms in total. The molecule has 0 bridgehead atoms. The molecule has 1 heterocycles. The van der Waals surface area contributed by atoms with Gasteiger partial charge in [0.15, 0.2) is 0 Å². The minimum atomic E-state index is -0.174. The third kappa shape index (κ3) is 2.38. The van der Waals surface area contributed by atoms with Crippen LogP contribution in [0, 0.1) is 5.92 Å². The molecule has 0 saturated carbocycles. The average molecular weight is 200 g/mol. The Morgan fingerprint density at radius 1 is 1.62 bits per heavy atom. The van der Waals surface area contributed by atoms with Gasteiger partial charge in [0, 0.05) is 0 Å². The van der Waals surface area contributed by atoms with Crippen LogP contribution in [0.4, 0.5) is 0 Å². The van der Waals surface area contributed by atoms with Crippen LogP contribution in [-0.2, 0) is 12.8 Å². The Morgan fingerprint density at radius 2 is 2.31 bits per heavy atom. The molecule has 1 aliphatic heterocycles. The van der Waals surface area contributed by atoms with Crippen molar-refractivity contribution in [1.29, 1.82) is 0 Å². The van der Waals surface area contributed by atoms with E-state index in [0.29, 0.717) is 5.92 Å². The van der Waals surface area contributed by atoms with E-state index in [2.05, 4.69) is 31.2 Å². The van der Waals surface area contributed by atoms with E-state index in [4.69, 9.17) is 12.8 Å². The number of hydrazine groups is 1. The zero-order valence-corrected chi connectivity index (χ0v) is 9.40. The van der Waals surface area contributed by atoms with E-state index in [1.807, 2.05) is 0 Å². The van der Waals surface area contributed by atoms with Gasteiger partial charge in [0.2, 0.25) is 0 Å². The minimum absolute atomic E-state index is 0.174. The van der Waals surface area contributed by atoms with E-state index < -0.39 is 0 Å². The first-order chi connectivity index (χ1) is 6.12. The molecule has 0 radical (unpaired) electrons. The molecule has 0 saturated heterocycles. The van der Waals surface area contributed by atoms with Crippen molar-refractivity contribution in [1.82, 2.24) is 9.84 Å². The van der Waals surface area contributed by atoms with Crippen LogP contribution < -0.4 is 5.43 Å². The van der Waals surface area contributed by atoms with Gasteiger partial charge >= 0.3 is 0 Å². The molecule has 2 atom stereocenters. The first-order valence-electron chi connectivity index (χ1n) is 4.92. The first-order valence-corrected chi connectivity index (χ1v) is 5.28. The summed E-state index contributed by atoms with van der Waals surface area (Å²) in [6.07, 6.45) is 5.22. The highest BCUT2D eigenvalue weighted by Crippen LogP contribution is 2.28. The van der Waals surface area contributed by atoms with Crippen LogP contribution >= 0.6 is 0 Å². The summed E-state index contributed by atoms with van der Waals surface area (Å²) in [7, 11) is 0. The lowest BCUT2D eigenvalue weighted by Crippen LogP contribution is -2.47. The Morgan fingerprint density at radius 3 is 2.69 bits per heavy atom. The van der Waals surface area contributed by atoms with Gasteiger partial charge < -0.3 is 17.2 Å². The van der Waals surface area contributed by atoms with Gasteiger partial charge in [0.05, 0.1) is 6.34 Å². The van der Waals surface area contributed by atoms with Crippen molar-refractivity contribution in [2.45, 2.75) is 45.7 Å². The van der Waals surface area contributed by atoms with Crippen molar-refractivity contribution in [2.75, 3.05) is 0 Å². The third-order valence-corrected chi connectivity index (χ3v) is 2.88. The van der Waals surface area contributed by atoms with E-state index in [-0.39, 0.29) is 5.66 Å². The Bertz CT molecular complexity index is 195. The Hall–Kier alpha value is -0.220. The number of rotatable bonds is 4. The highest BCUT2D eigenvalue weighted by atomic mass is 32.1. The summed E-state index contributed by atoms with van der Waals surface area (Å²) in [6, 6.07) is 0. The van der Waals surface area contributed by atoms with Gasteiger partial charge in [-0.05, 0) is 25.7 Å². The molecule has 1 aliphatic rings. The van der Waals surface area contributed by atoms with Gasteiger partial charge in [-0.15, -0.1) is 0 Å². The van der Waals surface area contributed by atoms with Crippen LogP contribution in [0.15, 0.2) is 4.99 Å². The number of aliphatic imine (C=N–C) groups is 1. The predicted octanol–water partition coefficient (Wildman–Crippen LogP) is 1.84. The molecule has 4 heteroatoms. The van der Waals surface area contributed by atoms with Crippen LogP contribution in [0.5, 0.6) is 0 Å². The van der Waals surface area contributed by atoms with E-state index in [1.54, 1.807) is 6.34 Å². The van der Waals surface area contributed by atoms with Crippen molar-refractivity contribution in [2.24, 2.45) is 10.9 Å². The molecule has 2 unspecified atom stereocenters. The fraction of sp³-hybridized carbons (Fsp3) is 0.889. The predicted molar refractivity (Wildman–Crippen MR) is 57.9 cm³/mol. The van der Waals surface area contributed by atoms with Crippen LogP contribution in [0.3, 0.4) is 0 Å². The summed E-state index contributed by atoms with van der Waals surface area (Å²) in [5.74, 6) is 0.571. The van der Waals surface area contributed by atoms with Crippen molar-refractivity contribution < 1.29 is 0 Å². The van der Waals surface area contributed by atoms with E-state index in [0.717, 1.165) is 6.42 Å². The lowest BCUT2D eigenvalue weighted by Gasteiger charge is -2.35. The fourth-order valence-electron chi connectivity index (χ4n) is 1.88. The molecule has 0 amide bonds. The third-order valence-electron chi connectivity index (χ3n) is 2.69. The Labute approximate surface area is 86.1 Å². The molecule has 0 spiro atoms. The standard InChI is InChI=1S/C9H18N3S/c1-4-6-8(5-2)9(3)10-7-12(13)11-9/h7-8,11H,4-6H2,1-3H3/q-1. The van der Waals surface area contributed by atoms with E-state index in [9.17, 15) is 0 Å². The molecule has 1 N–H and O–H groups in total. The maximum atomic E-state index is 4.98. The highest BCUT2D eigenvalue weighted by molar-refractivity contribution is 7.56. The second-order valence-corrected chi connectivity index (χ2v) is 4.12. The zero-order chi connectivity index (χ0) is 9.90. The number of hydrogen-bond acceptors (Lipinski definition) is 4. The van der Waals surface area contributed by atoms with Gasteiger partial charge in [-0.3, -0.25) is 4.99 Å². The first kappa shape index (κ1) is 10.9. The van der Waals surface area contributed by atoms with Gasteiger partial charge in [-0.25, -0.2) is 5.43 Å². The van der Waals surface area contributed by atoms with E-state index >= 15 is 0 Å². The topological polar surface area (TPSA) is 27.6 Å². The lowest BCUT2D eigenvalue weighted by atomic mass is 9.88. The van der Waals surface area contributed by atoms with Crippen LogP contribution in [-0.4, -0.2) is 16.4 Å². The summed E-state index contributed by atoms with van der Waals surface area (Å²) in [5.41, 5.74) is 3.02. The minimum Gasteiger partial charge on any atom is -0.646 e. The number of nitrogens with one attached hydrogen (secondary N) is 1. The van der Waals surface area contributed by atoms with Gasteiger partial charge in [0.25, 0.3) is 0 Å². The summed E-state index contributed by atoms with van der Waals surface area (Å²) in [4.78, 5) is 4.42. The van der Waals surface area contributed by atoms with Crippen LogP contribution in [0.25, 0.3) is 0 Å². The largest absolute Gasteiger partial charge is 0.646 e.